The molecule has 1 saturated heterocycles. The summed E-state index contributed by atoms with van der Waals surface area (Å²) in [6.45, 7) is 8.96. The number of aromatic nitrogens is 1. The highest BCUT2D eigenvalue weighted by Gasteiger charge is 2.33. The summed E-state index contributed by atoms with van der Waals surface area (Å²) in [5, 5.41) is 1.47. The molecule has 1 aromatic rings. The molecule has 5 nitrogen and oxygen atoms in total. The summed E-state index contributed by atoms with van der Waals surface area (Å²) in [6.07, 6.45) is 1.92. The van der Waals surface area contributed by atoms with Crippen molar-refractivity contribution in [3.63, 3.8) is 0 Å². The first-order valence-corrected chi connectivity index (χ1v) is 10.2. The van der Waals surface area contributed by atoms with Gasteiger partial charge in [-0.05, 0) is 19.8 Å². The van der Waals surface area contributed by atoms with E-state index in [4.69, 9.17) is 0 Å². The smallest absolute Gasteiger partial charge is 0.240 e. The second-order valence-electron chi connectivity index (χ2n) is 6.86. The molecule has 1 aliphatic rings. The lowest BCUT2D eigenvalue weighted by Crippen LogP contribution is -2.40. The molecule has 1 aromatic heterocycles. The summed E-state index contributed by atoms with van der Waals surface area (Å²) in [5.41, 5.74) is 0.788. The Kier molecular flexibility index (Phi) is 4.96. The van der Waals surface area contributed by atoms with Gasteiger partial charge >= 0.3 is 0 Å². The van der Waals surface area contributed by atoms with Gasteiger partial charge in [-0.2, -0.15) is 0 Å². The Morgan fingerprint density at radius 3 is 2.45 bits per heavy atom. The molecule has 1 fully saturated rings. The van der Waals surface area contributed by atoms with Crippen molar-refractivity contribution in [1.82, 2.24) is 9.88 Å². The number of hydrogen-bond acceptors (Lipinski definition) is 5. The van der Waals surface area contributed by atoms with Gasteiger partial charge in [0.15, 0.2) is 9.84 Å². The zero-order chi connectivity index (χ0) is 16.5. The highest BCUT2D eigenvalue weighted by Crippen LogP contribution is 2.25. The Morgan fingerprint density at radius 1 is 1.36 bits per heavy atom. The molecular formula is C15H24N2O3S2. The molecule has 124 valence electrons. The fourth-order valence-corrected chi connectivity index (χ4v) is 5.05. The number of likely N-dealkylation sites (tertiary alicyclic amines) is 1. The van der Waals surface area contributed by atoms with Crippen molar-refractivity contribution < 1.29 is 13.2 Å². The SMILES string of the molecule is CC(C(=O)N1CCCC1)S(=O)(=O)Cc1nc(C(C)(C)C)cs1. The number of rotatable bonds is 4. The van der Waals surface area contributed by atoms with Crippen molar-refractivity contribution in [3.05, 3.63) is 16.1 Å². The first kappa shape index (κ1) is 17.4. The summed E-state index contributed by atoms with van der Waals surface area (Å²) in [6, 6.07) is 0. The third-order valence-electron chi connectivity index (χ3n) is 3.95. The van der Waals surface area contributed by atoms with E-state index in [0.29, 0.717) is 18.1 Å². The summed E-state index contributed by atoms with van der Waals surface area (Å²) >= 11 is 1.35. The number of sulfone groups is 1. The van der Waals surface area contributed by atoms with Gasteiger partial charge in [-0.25, -0.2) is 13.4 Å². The van der Waals surface area contributed by atoms with Crippen molar-refractivity contribution in [2.45, 2.75) is 57.0 Å². The van der Waals surface area contributed by atoms with Crippen LogP contribution in [0.2, 0.25) is 0 Å². The third-order valence-corrected chi connectivity index (χ3v) is 6.94. The van der Waals surface area contributed by atoms with E-state index in [9.17, 15) is 13.2 Å². The number of hydrogen-bond donors (Lipinski definition) is 0. The average molecular weight is 345 g/mol. The number of carbonyl (C=O) groups is 1. The Hall–Kier alpha value is -0.950. The molecule has 22 heavy (non-hydrogen) atoms. The van der Waals surface area contributed by atoms with E-state index in [1.165, 1.54) is 18.3 Å². The van der Waals surface area contributed by atoms with Gasteiger partial charge in [0.1, 0.15) is 16.0 Å². The van der Waals surface area contributed by atoms with E-state index < -0.39 is 15.1 Å². The molecule has 1 amide bonds. The number of amides is 1. The minimum atomic E-state index is -3.53. The summed E-state index contributed by atoms with van der Waals surface area (Å²) in [5.74, 6) is -0.431. The fourth-order valence-electron chi connectivity index (χ4n) is 2.37. The zero-order valence-corrected chi connectivity index (χ0v) is 15.3. The van der Waals surface area contributed by atoms with Crippen molar-refractivity contribution in [2.75, 3.05) is 13.1 Å². The monoisotopic (exact) mass is 344 g/mol. The van der Waals surface area contributed by atoms with Crippen LogP contribution in [0.3, 0.4) is 0 Å². The minimum absolute atomic E-state index is 0.102. The van der Waals surface area contributed by atoms with Crippen molar-refractivity contribution in [3.8, 4) is 0 Å². The quantitative estimate of drug-likeness (QED) is 0.841. The first-order chi connectivity index (χ1) is 10.1. The minimum Gasteiger partial charge on any atom is -0.342 e. The van der Waals surface area contributed by atoms with Crippen LogP contribution in [-0.2, 0) is 25.8 Å². The maximum atomic E-state index is 12.5. The Bertz CT molecular complexity index is 638. The van der Waals surface area contributed by atoms with Crippen LogP contribution in [0.15, 0.2) is 5.38 Å². The van der Waals surface area contributed by atoms with E-state index in [-0.39, 0.29) is 17.1 Å². The van der Waals surface area contributed by atoms with Gasteiger partial charge in [-0.3, -0.25) is 4.79 Å². The zero-order valence-electron chi connectivity index (χ0n) is 13.6. The maximum absolute atomic E-state index is 12.5. The first-order valence-electron chi connectivity index (χ1n) is 7.56. The Labute approximate surface area is 136 Å². The van der Waals surface area contributed by atoms with Gasteiger partial charge in [-0.1, -0.05) is 20.8 Å². The van der Waals surface area contributed by atoms with E-state index in [2.05, 4.69) is 4.98 Å². The van der Waals surface area contributed by atoms with Crippen molar-refractivity contribution in [2.24, 2.45) is 0 Å². The predicted octanol–water partition coefficient (Wildman–Crippen LogP) is 2.37. The number of thiazole rings is 1. The molecule has 0 aliphatic carbocycles. The van der Waals surface area contributed by atoms with Crippen LogP contribution in [0.4, 0.5) is 0 Å². The lowest BCUT2D eigenvalue weighted by Gasteiger charge is -2.20. The van der Waals surface area contributed by atoms with E-state index >= 15 is 0 Å². The van der Waals surface area contributed by atoms with Gasteiger partial charge in [0, 0.05) is 23.9 Å². The van der Waals surface area contributed by atoms with Crippen molar-refractivity contribution >= 4 is 27.1 Å². The maximum Gasteiger partial charge on any atom is 0.240 e. The van der Waals surface area contributed by atoms with Crippen LogP contribution in [0.1, 0.15) is 51.2 Å². The van der Waals surface area contributed by atoms with Gasteiger partial charge in [-0.15, -0.1) is 11.3 Å². The standard InChI is InChI=1S/C15H24N2O3S2/c1-11(14(18)17-7-5-6-8-17)22(19,20)10-13-16-12(9-21-13)15(2,3)4/h9,11H,5-8,10H2,1-4H3. The second-order valence-corrected chi connectivity index (χ2v) is 10.1. The Balaban J connectivity index is 2.10. The van der Waals surface area contributed by atoms with E-state index in [1.54, 1.807) is 4.90 Å². The molecule has 0 bridgehead atoms. The lowest BCUT2D eigenvalue weighted by atomic mass is 9.93. The van der Waals surface area contributed by atoms with Gasteiger partial charge in [0.2, 0.25) is 5.91 Å². The molecule has 7 heteroatoms. The number of nitrogens with zero attached hydrogens (tertiary/aromatic N) is 2. The molecule has 1 atom stereocenters. The Morgan fingerprint density at radius 2 is 1.95 bits per heavy atom. The molecule has 0 saturated carbocycles. The largest absolute Gasteiger partial charge is 0.342 e. The van der Waals surface area contributed by atoms with E-state index in [1.807, 2.05) is 26.2 Å². The molecule has 0 N–H and O–H groups in total. The molecule has 1 unspecified atom stereocenters. The summed E-state index contributed by atoms with van der Waals surface area (Å²) < 4.78 is 25.0. The van der Waals surface area contributed by atoms with Gasteiger partial charge < -0.3 is 4.90 Å². The third kappa shape index (κ3) is 3.87. The van der Waals surface area contributed by atoms with Crippen LogP contribution in [0.5, 0.6) is 0 Å². The number of carbonyl (C=O) groups excluding carboxylic acids is 1. The van der Waals surface area contributed by atoms with Crippen molar-refractivity contribution in [1.29, 1.82) is 0 Å². The second kappa shape index (κ2) is 6.28. The predicted molar refractivity (Wildman–Crippen MR) is 88.7 cm³/mol. The summed E-state index contributed by atoms with van der Waals surface area (Å²) in [4.78, 5) is 18.4. The van der Waals surface area contributed by atoms with Gasteiger partial charge in [0.25, 0.3) is 0 Å². The molecule has 2 heterocycles. The lowest BCUT2D eigenvalue weighted by molar-refractivity contribution is -0.129. The average Bonchev–Trinajstić information content (AvgIpc) is 3.06. The van der Waals surface area contributed by atoms with Crippen LogP contribution >= 0.6 is 11.3 Å². The molecule has 1 aliphatic heterocycles. The van der Waals surface area contributed by atoms with Crippen LogP contribution in [0, 0.1) is 0 Å². The van der Waals surface area contributed by atoms with E-state index in [0.717, 1.165) is 18.5 Å². The topological polar surface area (TPSA) is 67.3 Å². The van der Waals surface area contributed by atoms with Crippen LogP contribution in [0.25, 0.3) is 0 Å². The molecule has 0 aromatic carbocycles. The molecule has 0 spiro atoms. The van der Waals surface area contributed by atoms with Gasteiger partial charge in [0.05, 0.1) is 5.69 Å². The molecule has 2 rings (SSSR count). The van der Waals surface area contributed by atoms with Crippen LogP contribution in [-0.4, -0.2) is 42.5 Å². The molecule has 0 radical (unpaired) electrons. The fraction of sp³-hybridized carbons (Fsp3) is 0.733. The highest BCUT2D eigenvalue weighted by atomic mass is 32.2. The normalized spacial score (nSPS) is 17.7. The highest BCUT2D eigenvalue weighted by molar-refractivity contribution is 7.92. The summed E-state index contributed by atoms with van der Waals surface area (Å²) in [7, 11) is -3.53. The molecular weight excluding hydrogens is 320 g/mol. The van der Waals surface area contributed by atoms with Crippen LogP contribution < -0.4 is 0 Å².